The Balaban J connectivity index is 2.21. The van der Waals surface area contributed by atoms with E-state index in [1.54, 1.807) is 30.3 Å². The second kappa shape index (κ2) is 8.05. The summed E-state index contributed by atoms with van der Waals surface area (Å²) in [6, 6.07) is 13.6. The number of benzene rings is 2. The molecule has 0 amide bonds. The Morgan fingerprint density at radius 1 is 1.07 bits per heavy atom. The molecule has 0 aliphatic heterocycles. The van der Waals surface area contributed by atoms with Crippen LogP contribution in [0.2, 0.25) is 0 Å². The molecule has 0 aliphatic carbocycles. The highest BCUT2D eigenvalue weighted by molar-refractivity contribution is 7.99. The molecule has 0 bridgehead atoms. The highest BCUT2D eigenvalue weighted by Gasteiger charge is 2.16. The summed E-state index contributed by atoms with van der Waals surface area (Å²) in [5, 5.41) is 0.681. The van der Waals surface area contributed by atoms with E-state index in [1.807, 2.05) is 6.07 Å². The summed E-state index contributed by atoms with van der Waals surface area (Å²) in [6.45, 7) is 0. The van der Waals surface area contributed by atoms with Crippen LogP contribution >= 0.6 is 11.8 Å². The number of esters is 2. The van der Waals surface area contributed by atoms with Gasteiger partial charge in [-0.1, -0.05) is 30.0 Å². The third-order valence-corrected chi connectivity index (χ3v) is 4.73. The fourth-order valence-corrected chi connectivity index (χ4v) is 3.34. The highest BCUT2D eigenvalue weighted by Crippen LogP contribution is 2.22. The van der Waals surface area contributed by atoms with Gasteiger partial charge in [-0.3, -0.25) is 14.2 Å². The van der Waals surface area contributed by atoms with Gasteiger partial charge in [-0.15, -0.1) is 0 Å². The van der Waals surface area contributed by atoms with E-state index in [1.165, 1.54) is 30.9 Å². The Kier molecular flexibility index (Phi) is 5.56. The third kappa shape index (κ3) is 3.85. The molecule has 2 aromatic carbocycles. The van der Waals surface area contributed by atoms with Crippen LogP contribution in [0.1, 0.15) is 10.4 Å². The molecule has 3 aromatic rings. The molecule has 0 saturated heterocycles. The van der Waals surface area contributed by atoms with Gasteiger partial charge in [-0.05, 0) is 30.3 Å². The van der Waals surface area contributed by atoms with Crippen molar-refractivity contribution in [2.45, 2.75) is 5.16 Å². The van der Waals surface area contributed by atoms with Crippen molar-refractivity contribution in [1.82, 2.24) is 9.55 Å². The number of para-hydroxylation sites is 1. The Hall–Kier alpha value is -3.13. The predicted molar refractivity (Wildman–Crippen MR) is 101 cm³/mol. The van der Waals surface area contributed by atoms with Gasteiger partial charge in [-0.25, -0.2) is 9.78 Å². The maximum atomic E-state index is 13.1. The first-order chi connectivity index (χ1) is 13.0. The molecule has 0 radical (unpaired) electrons. The van der Waals surface area contributed by atoms with Gasteiger partial charge in [0.05, 0.1) is 42.1 Å². The Morgan fingerprint density at radius 2 is 1.81 bits per heavy atom. The maximum absolute atomic E-state index is 13.1. The van der Waals surface area contributed by atoms with Crippen molar-refractivity contribution in [2.75, 3.05) is 20.0 Å². The van der Waals surface area contributed by atoms with Crippen molar-refractivity contribution in [1.29, 1.82) is 0 Å². The van der Waals surface area contributed by atoms with Gasteiger partial charge >= 0.3 is 11.9 Å². The molecule has 0 spiro atoms. The quantitative estimate of drug-likeness (QED) is 0.379. The molecule has 3 rings (SSSR count). The molecule has 138 valence electrons. The van der Waals surface area contributed by atoms with Crippen LogP contribution in [0.4, 0.5) is 0 Å². The first kappa shape index (κ1) is 18.7. The minimum atomic E-state index is -0.519. The minimum Gasteiger partial charge on any atom is -0.468 e. The van der Waals surface area contributed by atoms with Gasteiger partial charge in [0.1, 0.15) is 0 Å². The van der Waals surface area contributed by atoms with Crippen LogP contribution in [0.3, 0.4) is 0 Å². The second-order valence-corrected chi connectivity index (χ2v) is 6.40. The number of hydrogen-bond acceptors (Lipinski definition) is 7. The first-order valence-electron chi connectivity index (χ1n) is 7.95. The smallest absolute Gasteiger partial charge is 0.337 e. The molecule has 7 nitrogen and oxygen atoms in total. The van der Waals surface area contributed by atoms with Crippen LogP contribution in [-0.4, -0.2) is 41.5 Å². The average molecular weight is 384 g/mol. The SMILES string of the molecule is COC(=O)CSc1nc2cc(C(=O)OC)ccc2c(=O)n1-c1ccccc1. The van der Waals surface area contributed by atoms with Crippen molar-refractivity contribution in [3.8, 4) is 5.69 Å². The lowest BCUT2D eigenvalue weighted by Gasteiger charge is -2.13. The minimum absolute atomic E-state index is 0.00201. The zero-order valence-corrected chi connectivity index (χ0v) is 15.5. The topological polar surface area (TPSA) is 87.5 Å². The molecule has 0 saturated carbocycles. The number of carbonyl (C=O) groups excluding carboxylic acids is 2. The lowest BCUT2D eigenvalue weighted by atomic mass is 10.1. The molecule has 0 atom stereocenters. The van der Waals surface area contributed by atoms with E-state index in [-0.39, 0.29) is 11.3 Å². The fourth-order valence-electron chi connectivity index (χ4n) is 2.49. The zero-order chi connectivity index (χ0) is 19.4. The molecule has 1 heterocycles. The number of nitrogens with zero attached hydrogens (tertiary/aromatic N) is 2. The Bertz CT molecular complexity index is 1060. The van der Waals surface area contributed by atoms with Gasteiger partial charge in [-0.2, -0.15) is 0 Å². The van der Waals surface area contributed by atoms with Crippen LogP contribution < -0.4 is 5.56 Å². The normalized spacial score (nSPS) is 10.6. The molecular weight excluding hydrogens is 368 g/mol. The summed E-state index contributed by atoms with van der Waals surface area (Å²) in [7, 11) is 2.58. The van der Waals surface area contributed by atoms with E-state index >= 15 is 0 Å². The van der Waals surface area contributed by atoms with E-state index < -0.39 is 11.9 Å². The highest BCUT2D eigenvalue weighted by atomic mass is 32.2. The van der Waals surface area contributed by atoms with Crippen LogP contribution in [-0.2, 0) is 14.3 Å². The maximum Gasteiger partial charge on any atom is 0.337 e. The number of methoxy groups -OCH3 is 2. The predicted octanol–water partition coefficient (Wildman–Crippen LogP) is 2.44. The number of rotatable bonds is 5. The zero-order valence-electron chi connectivity index (χ0n) is 14.7. The van der Waals surface area contributed by atoms with Crippen LogP contribution in [0.25, 0.3) is 16.6 Å². The Labute approximate surface area is 158 Å². The summed E-state index contributed by atoms with van der Waals surface area (Å²) in [5.74, 6) is -0.954. The van der Waals surface area contributed by atoms with Crippen molar-refractivity contribution in [3.63, 3.8) is 0 Å². The van der Waals surface area contributed by atoms with E-state index in [4.69, 9.17) is 4.74 Å². The van der Waals surface area contributed by atoms with Crippen LogP contribution in [0.5, 0.6) is 0 Å². The number of thioether (sulfide) groups is 1. The summed E-state index contributed by atoms with van der Waals surface area (Å²) in [6.07, 6.45) is 0. The summed E-state index contributed by atoms with van der Waals surface area (Å²) < 4.78 is 10.8. The van der Waals surface area contributed by atoms with Crippen molar-refractivity contribution in [3.05, 3.63) is 64.4 Å². The third-order valence-electron chi connectivity index (χ3n) is 3.82. The van der Waals surface area contributed by atoms with E-state index in [0.29, 0.717) is 27.3 Å². The molecule has 0 unspecified atom stereocenters. The summed E-state index contributed by atoms with van der Waals surface area (Å²) in [4.78, 5) is 40.9. The lowest BCUT2D eigenvalue weighted by Crippen LogP contribution is -2.22. The number of ether oxygens (including phenoxy) is 2. The Morgan fingerprint density at radius 3 is 2.48 bits per heavy atom. The fraction of sp³-hybridized carbons (Fsp3) is 0.158. The average Bonchev–Trinajstić information content (AvgIpc) is 2.71. The number of carbonyl (C=O) groups is 2. The number of fused-ring (bicyclic) bond motifs is 1. The standard InChI is InChI=1S/C19H16N2O5S/c1-25-16(22)11-27-19-20-15-10-12(18(24)26-2)8-9-14(15)17(23)21(19)13-6-4-3-5-7-13/h3-10H,11H2,1-2H3. The second-order valence-electron chi connectivity index (χ2n) is 5.46. The van der Waals surface area contributed by atoms with Gasteiger partial charge in [0.2, 0.25) is 0 Å². The van der Waals surface area contributed by atoms with Crippen molar-refractivity contribution < 1.29 is 19.1 Å². The van der Waals surface area contributed by atoms with Crippen molar-refractivity contribution >= 4 is 34.6 Å². The van der Waals surface area contributed by atoms with Crippen LogP contribution in [0.15, 0.2) is 58.5 Å². The monoisotopic (exact) mass is 384 g/mol. The molecule has 27 heavy (non-hydrogen) atoms. The molecule has 0 aliphatic rings. The van der Waals surface area contributed by atoms with Gasteiger partial charge in [0.25, 0.3) is 5.56 Å². The van der Waals surface area contributed by atoms with E-state index in [0.717, 1.165) is 11.8 Å². The molecule has 0 N–H and O–H groups in total. The first-order valence-corrected chi connectivity index (χ1v) is 8.94. The molecule has 0 fully saturated rings. The van der Waals surface area contributed by atoms with E-state index in [9.17, 15) is 14.4 Å². The molecule has 1 aromatic heterocycles. The van der Waals surface area contributed by atoms with Gasteiger partial charge < -0.3 is 9.47 Å². The molecule has 8 heteroatoms. The van der Waals surface area contributed by atoms with Crippen molar-refractivity contribution in [2.24, 2.45) is 0 Å². The molecular formula is C19H16N2O5S. The lowest BCUT2D eigenvalue weighted by molar-refractivity contribution is -0.137. The van der Waals surface area contributed by atoms with E-state index in [2.05, 4.69) is 9.72 Å². The largest absolute Gasteiger partial charge is 0.468 e. The van der Waals surface area contributed by atoms with Gasteiger partial charge in [0, 0.05) is 0 Å². The summed E-state index contributed by atoms with van der Waals surface area (Å²) in [5.41, 5.74) is 0.969. The number of aromatic nitrogens is 2. The van der Waals surface area contributed by atoms with Gasteiger partial charge in [0.15, 0.2) is 5.16 Å². The number of hydrogen-bond donors (Lipinski definition) is 0. The van der Waals surface area contributed by atoms with Crippen LogP contribution in [0, 0.1) is 0 Å². The summed E-state index contributed by atoms with van der Waals surface area (Å²) >= 11 is 1.08.